The summed E-state index contributed by atoms with van der Waals surface area (Å²) in [5, 5.41) is 1.13. The predicted octanol–water partition coefficient (Wildman–Crippen LogP) is 2.44. The minimum Gasteiger partial charge on any atom is -0.497 e. The number of hydrogen-bond acceptors (Lipinski definition) is 5. The standard InChI is InChI=1S/C22H26N2O4/c1-12(25)17-8-13-10-22(21(26)28-3)19-16(6-7-24(11-13)20(17)22)15-5-4-14(27-2)9-18(15)23-19/h4-5,9,13,17,20,23H,6-8,10-11H2,1-3H3/t13-,17+,20-,22+/m0/s1. The molecule has 2 aromatic rings. The average Bonchev–Trinajstić information content (AvgIpc) is 3.04. The molecule has 1 saturated carbocycles. The maximum Gasteiger partial charge on any atom is 0.319 e. The zero-order chi connectivity index (χ0) is 19.6. The number of piperidine rings is 2. The van der Waals surface area contributed by atoms with Crippen molar-refractivity contribution in [3.8, 4) is 5.75 Å². The zero-order valence-electron chi connectivity index (χ0n) is 16.6. The van der Waals surface area contributed by atoms with Crippen molar-refractivity contribution in [2.45, 2.75) is 37.6 Å². The van der Waals surface area contributed by atoms with Crippen LogP contribution in [0.1, 0.15) is 31.0 Å². The van der Waals surface area contributed by atoms with Crippen LogP contribution in [-0.2, 0) is 26.2 Å². The van der Waals surface area contributed by atoms with Crippen LogP contribution in [0, 0.1) is 11.8 Å². The summed E-state index contributed by atoms with van der Waals surface area (Å²) in [5.74, 6) is 0.932. The Morgan fingerprint density at radius 3 is 2.82 bits per heavy atom. The monoisotopic (exact) mass is 382 g/mol. The first kappa shape index (κ1) is 17.7. The summed E-state index contributed by atoms with van der Waals surface area (Å²) in [6.07, 6.45) is 2.47. The number of nitrogens with one attached hydrogen (secondary N) is 1. The first-order chi connectivity index (χ1) is 13.5. The summed E-state index contributed by atoms with van der Waals surface area (Å²) in [6.45, 7) is 3.49. The SMILES string of the molecule is COC(=O)[C@@]12C[C@@H]3C[C@H](C(C)=O)[C@@H]1N(CCc1c2[nH]c2cc(OC)ccc12)C3. The van der Waals surface area contributed by atoms with Crippen LogP contribution >= 0.6 is 0 Å². The first-order valence-corrected chi connectivity index (χ1v) is 10.0. The van der Waals surface area contributed by atoms with E-state index in [0.717, 1.165) is 54.7 Å². The molecule has 6 rings (SSSR count). The van der Waals surface area contributed by atoms with Gasteiger partial charge in [0.1, 0.15) is 16.9 Å². The van der Waals surface area contributed by atoms with Crippen molar-refractivity contribution in [2.75, 3.05) is 27.3 Å². The van der Waals surface area contributed by atoms with E-state index in [-0.39, 0.29) is 23.7 Å². The second-order valence-electron chi connectivity index (χ2n) is 8.57. The number of aromatic amines is 1. The van der Waals surface area contributed by atoms with Gasteiger partial charge < -0.3 is 14.5 Å². The third-order valence-corrected chi connectivity index (χ3v) is 7.25. The van der Waals surface area contributed by atoms with Crippen molar-refractivity contribution in [2.24, 2.45) is 11.8 Å². The van der Waals surface area contributed by atoms with Crippen molar-refractivity contribution in [1.29, 1.82) is 0 Å². The molecular weight excluding hydrogens is 356 g/mol. The minimum atomic E-state index is -0.815. The Balaban J connectivity index is 1.79. The third-order valence-electron chi connectivity index (χ3n) is 7.25. The molecule has 28 heavy (non-hydrogen) atoms. The fourth-order valence-corrected chi connectivity index (χ4v) is 6.26. The van der Waals surface area contributed by atoms with Gasteiger partial charge in [0.15, 0.2) is 0 Å². The van der Waals surface area contributed by atoms with Crippen molar-refractivity contribution in [1.82, 2.24) is 9.88 Å². The minimum absolute atomic E-state index is 0.126. The van der Waals surface area contributed by atoms with Gasteiger partial charge in [-0.2, -0.15) is 0 Å². The Labute approximate surface area is 164 Å². The predicted molar refractivity (Wildman–Crippen MR) is 105 cm³/mol. The lowest BCUT2D eigenvalue weighted by Crippen LogP contribution is -2.68. The number of ketones is 1. The van der Waals surface area contributed by atoms with Crippen LogP contribution in [0.15, 0.2) is 18.2 Å². The van der Waals surface area contributed by atoms with Crippen molar-refractivity contribution < 1.29 is 19.1 Å². The lowest BCUT2D eigenvalue weighted by molar-refractivity contribution is -0.163. The van der Waals surface area contributed by atoms with Crippen molar-refractivity contribution >= 4 is 22.7 Å². The summed E-state index contributed by atoms with van der Waals surface area (Å²) >= 11 is 0. The number of hydrogen-bond donors (Lipinski definition) is 1. The van der Waals surface area contributed by atoms with E-state index in [1.54, 1.807) is 14.0 Å². The van der Waals surface area contributed by atoms with E-state index in [2.05, 4.69) is 16.0 Å². The molecule has 1 unspecified atom stereocenters. The number of fused-ring (bicyclic) bond motifs is 4. The van der Waals surface area contributed by atoms with Gasteiger partial charge in [-0.25, -0.2) is 0 Å². The number of carbonyl (C=O) groups excluding carboxylic acids is 2. The van der Waals surface area contributed by atoms with E-state index in [1.165, 1.54) is 12.7 Å². The van der Waals surface area contributed by atoms with Crippen LogP contribution in [-0.4, -0.2) is 55.0 Å². The molecular formula is C22H26N2O4. The maximum absolute atomic E-state index is 13.4. The van der Waals surface area contributed by atoms with Gasteiger partial charge in [-0.05, 0) is 49.8 Å². The number of Topliss-reactive ketones (excluding diaryl/α,β-unsaturated/α-hetero) is 1. The van der Waals surface area contributed by atoms with Crippen molar-refractivity contribution in [3.63, 3.8) is 0 Å². The fourth-order valence-electron chi connectivity index (χ4n) is 6.26. The highest BCUT2D eigenvalue weighted by atomic mass is 16.5. The number of aromatic nitrogens is 1. The molecule has 5 atom stereocenters. The fraction of sp³-hybridized carbons (Fsp3) is 0.545. The van der Waals surface area contributed by atoms with Gasteiger partial charge in [-0.3, -0.25) is 14.5 Å². The lowest BCUT2D eigenvalue weighted by Gasteiger charge is -2.57. The Morgan fingerprint density at radius 2 is 2.11 bits per heavy atom. The van der Waals surface area contributed by atoms with E-state index >= 15 is 0 Å². The molecule has 1 aromatic carbocycles. The number of rotatable bonds is 3. The number of ether oxygens (including phenoxy) is 2. The molecule has 0 spiro atoms. The highest BCUT2D eigenvalue weighted by molar-refractivity contribution is 5.93. The summed E-state index contributed by atoms with van der Waals surface area (Å²) in [5.41, 5.74) is 2.29. The first-order valence-electron chi connectivity index (χ1n) is 10.0. The smallest absolute Gasteiger partial charge is 0.319 e. The van der Waals surface area contributed by atoms with Crippen LogP contribution in [0.4, 0.5) is 0 Å². The zero-order valence-corrected chi connectivity index (χ0v) is 16.6. The quantitative estimate of drug-likeness (QED) is 0.826. The van der Waals surface area contributed by atoms with E-state index in [9.17, 15) is 9.59 Å². The summed E-state index contributed by atoms with van der Waals surface area (Å²) in [7, 11) is 3.11. The third kappa shape index (κ3) is 2.18. The second-order valence-corrected chi connectivity index (χ2v) is 8.57. The van der Waals surface area contributed by atoms with Crippen LogP contribution in [0.5, 0.6) is 5.75 Å². The number of methoxy groups -OCH3 is 2. The summed E-state index contributed by atoms with van der Waals surface area (Å²) < 4.78 is 10.8. The van der Waals surface area contributed by atoms with Gasteiger partial charge in [0, 0.05) is 47.7 Å². The molecule has 4 aliphatic rings. The number of nitrogens with zero attached hydrogens (tertiary/aromatic N) is 1. The van der Waals surface area contributed by atoms with E-state index in [4.69, 9.17) is 9.47 Å². The molecule has 1 aliphatic carbocycles. The molecule has 148 valence electrons. The number of benzene rings is 1. The van der Waals surface area contributed by atoms with Crippen LogP contribution in [0.3, 0.4) is 0 Å². The van der Waals surface area contributed by atoms with Crippen LogP contribution in [0.2, 0.25) is 0 Å². The molecule has 0 radical (unpaired) electrons. The average molecular weight is 382 g/mol. The van der Waals surface area contributed by atoms with Gasteiger partial charge in [-0.1, -0.05) is 0 Å². The van der Waals surface area contributed by atoms with E-state index in [0.29, 0.717) is 5.92 Å². The van der Waals surface area contributed by atoms with Gasteiger partial charge >= 0.3 is 5.97 Å². The molecule has 3 aliphatic heterocycles. The molecule has 6 heteroatoms. The largest absolute Gasteiger partial charge is 0.497 e. The molecule has 3 fully saturated rings. The molecule has 4 bridgehead atoms. The molecule has 1 aromatic heterocycles. The van der Waals surface area contributed by atoms with Gasteiger partial charge in [0.05, 0.1) is 14.2 Å². The molecule has 2 saturated heterocycles. The van der Waals surface area contributed by atoms with E-state index in [1.807, 2.05) is 12.1 Å². The molecule has 4 heterocycles. The summed E-state index contributed by atoms with van der Waals surface area (Å²) in [4.78, 5) is 31.9. The topological polar surface area (TPSA) is 71.6 Å². The number of esters is 1. The second kappa shape index (κ2) is 6.08. The summed E-state index contributed by atoms with van der Waals surface area (Å²) in [6, 6.07) is 5.87. The Bertz CT molecular complexity index is 980. The van der Waals surface area contributed by atoms with Gasteiger partial charge in [-0.15, -0.1) is 0 Å². The highest BCUT2D eigenvalue weighted by Crippen LogP contribution is 2.55. The molecule has 0 amide bonds. The normalized spacial score (nSPS) is 33.2. The van der Waals surface area contributed by atoms with Crippen LogP contribution in [0.25, 0.3) is 10.9 Å². The van der Waals surface area contributed by atoms with Gasteiger partial charge in [0.25, 0.3) is 0 Å². The Hall–Kier alpha value is -2.34. The highest BCUT2D eigenvalue weighted by Gasteiger charge is 2.63. The van der Waals surface area contributed by atoms with E-state index < -0.39 is 5.41 Å². The van der Waals surface area contributed by atoms with Gasteiger partial charge in [0.2, 0.25) is 0 Å². The number of carbonyl (C=O) groups is 2. The van der Waals surface area contributed by atoms with Crippen LogP contribution < -0.4 is 4.74 Å². The Morgan fingerprint density at radius 1 is 1.29 bits per heavy atom. The van der Waals surface area contributed by atoms with Crippen molar-refractivity contribution in [3.05, 3.63) is 29.5 Å². The lowest BCUT2D eigenvalue weighted by atomic mass is 9.56. The maximum atomic E-state index is 13.4. The Kier molecular flexibility index (Phi) is 3.85. The molecule has 1 N–H and O–H groups in total. The molecule has 6 nitrogen and oxygen atoms in total. The number of H-pyrrole nitrogens is 1.